The maximum atomic E-state index is 12.6. The molecule has 0 saturated carbocycles. The minimum Gasteiger partial charge on any atom is -0.349 e. The number of para-hydroxylation sites is 1. The van der Waals surface area contributed by atoms with Crippen LogP contribution in [0.15, 0.2) is 53.6 Å². The van der Waals surface area contributed by atoms with E-state index in [2.05, 4.69) is 23.3 Å². The molecule has 0 fully saturated rings. The van der Waals surface area contributed by atoms with Crippen LogP contribution in [0.2, 0.25) is 10.0 Å². The predicted octanol–water partition coefficient (Wildman–Crippen LogP) is 6.21. The molecule has 0 aliphatic carbocycles. The van der Waals surface area contributed by atoms with Crippen LogP contribution in [0.4, 0.5) is 0 Å². The van der Waals surface area contributed by atoms with Crippen molar-refractivity contribution < 1.29 is 4.79 Å². The lowest BCUT2D eigenvalue weighted by Crippen LogP contribution is -2.33. The molecule has 0 spiro atoms. The summed E-state index contributed by atoms with van der Waals surface area (Å²) >= 11 is 13.6. The largest absolute Gasteiger partial charge is 0.349 e. The van der Waals surface area contributed by atoms with Gasteiger partial charge in [-0.15, -0.1) is 0 Å². The van der Waals surface area contributed by atoms with Crippen LogP contribution < -0.4 is 5.32 Å². The van der Waals surface area contributed by atoms with Gasteiger partial charge in [0.15, 0.2) is 0 Å². The van der Waals surface area contributed by atoms with Crippen molar-refractivity contribution in [3.8, 4) is 0 Å². The lowest BCUT2D eigenvalue weighted by atomic mass is 10.1. The molecular weight excluding hydrogens is 399 g/mol. The van der Waals surface area contributed by atoms with Crippen LogP contribution in [-0.2, 0) is 4.79 Å². The number of carbonyl (C=O) groups is 1. The highest BCUT2D eigenvalue weighted by molar-refractivity contribution is 8.00. The number of hydrogen-bond acceptors (Lipinski definition) is 3. The second-order valence-corrected chi connectivity index (χ2v) is 8.66. The Hall–Kier alpha value is -1.75. The first-order valence-electron chi connectivity index (χ1n) is 8.63. The topological polar surface area (TPSA) is 42.0 Å². The summed E-state index contributed by atoms with van der Waals surface area (Å²) in [5.74, 6) is -0.0638. The second-order valence-electron chi connectivity index (χ2n) is 6.45. The van der Waals surface area contributed by atoms with E-state index < -0.39 is 0 Å². The smallest absolute Gasteiger partial charge is 0.233 e. The van der Waals surface area contributed by atoms with E-state index in [1.54, 1.807) is 12.1 Å². The molecule has 3 nitrogen and oxygen atoms in total. The summed E-state index contributed by atoms with van der Waals surface area (Å²) in [4.78, 5) is 17.3. The van der Waals surface area contributed by atoms with Crippen molar-refractivity contribution in [2.75, 3.05) is 0 Å². The summed E-state index contributed by atoms with van der Waals surface area (Å²) in [6.07, 6.45) is 0. The van der Waals surface area contributed by atoms with Crippen LogP contribution >= 0.6 is 35.0 Å². The summed E-state index contributed by atoms with van der Waals surface area (Å²) in [7, 11) is 0. The Labute approximate surface area is 173 Å². The van der Waals surface area contributed by atoms with Gasteiger partial charge < -0.3 is 5.32 Å². The van der Waals surface area contributed by atoms with Crippen LogP contribution in [0.1, 0.15) is 31.0 Å². The van der Waals surface area contributed by atoms with Crippen molar-refractivity contribution in [2.24, 2.45) is 0 Å². The fraction of sp³-hybridized carbons (Fsp3) is 0.238. The highest BCUT2D eigenvalue weighted by atomic mass is 35.5. The zero-order valence-electron chi connectivity index (χ0n) is 15.3. The molecule has 6 heteroatoms. The number of halogens is 2. The van der Waals surface area contributed by atoms with Crippen molar-refractivity contribution in [2.45, 2.75) is 37.1 Å². The molecule has 0 bridgehead atoms. The van der Waals surface area contributed by atoms with Gasteiger partial charge in [0.1, 0.15) is 0 Å². The monoisotopic (exact) mass is 418 g/mol. The first-order valence-corrected chi connectivity index (χ1v) is 10.3. The molecule has 1 aromatic heterocycles. The molecule has 1 heterocycles. The maximum absolute atomic E-state index is 12.6. The SMILES string of the molecule is Cc1cc(S[C@@H](C)C(=O)N[C@@H](C)c2ccc(Cl)cc2Cl)nc2ccccc12. The minimum absolute atomic E-state index is 0.0638. The molecular formula is C21H20Cl2N2OS. The number of pyridine rings is 1. The van der Waals surface area contributed by atoms with Crippen LogP contribution in [0.25, 0.3) is 10.9 Å². The quantitative estimate of drug-likeness (QED) is 0.500. The molecule has 2 atom stereocenters. The van der Waals surface area contributed by atoms with Crippen molar-refractivity contribution in [1.29, 1.82) is 0 Å². The van der Waals surface area contributed by atoms with Crippen LogP contribution in [0, 0.1) is 6.92 Å². The molecule has 1 N–H and O–H groups in total. The highest BCUT2D eigenvalue weighted by Gasteiger charge is 2.19. The summed E-state index contributed by atoms with van der Waals surface area (Å²) in [6, 6.07) is 15.1. The van der Waals surface area contributed by atoms with Crippen LogP contribution in [-0.4, -0.2) is 16.1 Å². The fourth-order valence-corrected chi connectivity index (χ4v) is 4.38. The Morgan fingerprint density at radius 3 is 2.59 bits per heavy atom. The number of fused-ring (bicyclic) bond motifs is 1. The van der Waals surface area contributed by atoms with Gasteiger partial charge in [0.05, 0.1) is 21.8 Å². The van der Waals surface area contributed by atoms with E-state index in [1.807, 2.05) is 44.2 Å². The number of aryl methyl sites for hydroxylation is 1. The first kappa shape index (κ1) is 20.0. The normalized spacial score (nSPS) is 13.4. The molecule has 0 aliphatic heterocycles. The number of carbonyl (C=O) groups excluding carboxylic acids is 1. The van der Waals surface area contributed by atoms with E-state index in [0.29, 0.717) is 10.0 Å². The van der Waals surface area contributed by atoms with Gasteiger partial charge in [-0.05, 0) is 56.2 Å². The number of nitrogens with one attached hydrogen (secondary N) is 1. The Morgan fingerprint density at radius 1 is 1.11 bits per heavy atom. The summed E-state index contributed by atoms with van der Waals surface area (Å²) in [5.41, 5.74) is 2.93. The summed E-state index contributed by atoms with van der Waals surface area (Å²) < 4.78 is 0. The molecule has 1 amide bonds. The average molecular weight is 419 g/mol. The first-order chi connectivity index (χ1) is 12.8. The highest BCUT2D eigenvalue weighted by Crippen LogP contribution is 2.29. The van der Waals surface area contributed by atoms with Gasteiger partial charge in [0, 0.05) is 15.4 Å². The number of benzene rings is 2. The third-order valence-corrected chi connectivity index (χ3v) is 5.93. The Kier molecular flexibility index (Phi) is 6.30. The number of aromatic nitrogens is 1. The number of amides is 1. The zero-order chi connectivity index (χ0) is 19.6. The van der Waals surface area contributed by atoms with Gasteiger partial charge in [-0.1, -0.05) is 59.2 Å². The molecule has 3 aromatic rings. The Bertz CT molecular complexity index is 993. The van der Waals surface area contributed by atoms with Gasteiger partial charge in [-0.25, -0.2) is 4.98 Å². The summed E-state index contributed by atoms with van der Waals surface area (Å²) in [6.45, 7) is 5.84. The number of rotatable bonds is 5. The minimum atomic E-state index is -0.286. The van der Waals surface area contributed by atoms with E-state index in [9.17, 15) is 4.79 Å². The Balaban J connectivity index is 1.70. The van der Waals surface area contributed by atoms with Crippen LogP contribution in [0.3, 0.4) is 0 Å². The van der Waals surface area contributed by atoms with E-state index in [0.717, 1.165) is 27.1 Å². The maximum Gasteiger partial charge on any atom is 0.233 e. The number of hydrogen-bond donors (Lipinski definition) is 1. The molecule has 3 rings (SSSR count). The zero-order valence-corrected chi connectivity index (χ0v) is 17.6. The molecule has 0 aliphatic rings. The second kappa shape index (κ2) is 8.51. The van der Waals surface area contributed by atoms with Gasteiger partial charge >= 0.3 is 0 Å². The third kappa shape index (κ3) is 4.75. The van der Waals surface area contributed by atoms with E-state index in [4.69, 9.17) is 23.2 Å². The molecule has 0 unspecified atom stereocenters. The Morgan fingerprint density at radius 2 is 1.85 bits per heavy atom. The van der Waals surface area contributed by atoms with Crippen LogP contribution in [0.5, 0.6) is 0 Å². The van der Waals surface area contributed by atoms with Crippen molar-refractivity contribution in [3.05, 3.63) is 69.7 Å². The summed E-state index contributed by atoms with van der Waals surface area (Å²) in [5, 5.41) is 5.81. The van der Waals surface area contributed by atoms with Crippen molar-refractivity contribution in [1.82, 2.24) is 10.3 Å². The molecule has 0 saturated heterocycles. The number of nitrogens with zero attached hydrogens (tertiary/aromatic N) is 1. The number of thioether (sulfide) groups is 1. The van der Waals surface area contributed by atoms with Crippen molar-refractivity contribution >= 4 is 51.8 Å². The average Bonchev–Trinajstić information content (AvgIpc) is 2.61. The third-order valence-electron chi connectivity index (χ3n) is 4.35. The van der Waals surface area contributed by atoms with E-state index >= 15 is 0 Å². The van der Waals surface area contributed by atoms with Gasteiger partial charge in [0.25, 0.3) is 0 Å². The standard InChI is InChI=1S/C21H20Cl2N2OS/c1-12-10-20(25-19-7-5-4-6-16(12)19)27-14(3)21(26)24-13(2)17-9-8-15(22)11-18(17)23/h4-11,13-14H,1-3H3,(H,24,26)/t13-,14-/m0/s1. The van der Waals surface area contributed by atoms with Crippen molar-refractivity contribution in [3.63, 3.8) is 0 Å². The lowest BCUT2D eigenvalue weighted by molar-refractivity contribution is -0.120. The molecule has 27 heavy (non-hydrogen) atoms. The van der Waals surface area contributed by atoms with E-state index in [1.165, 1.54) is 11.8 Å². The molecule has 140 valence electrons. The van der Waals surface area contributed by atoms with E-state index in [-0.39, 0.29) is 17.2 Å². The molecule has 2 aromatic carbocycles. The predicted molar refractivity (Wildman–Crippen MR) is 115 cm³/mol. The fourth-order valence-electron chi connectivity index (χ4n) is 2.87. The van der Waals surface area contributed by atoms with Gasteiger partial charge in [-0.3, -0.25) is 4.79 Å². The molecule has 0 radical (unpaired) electrons. The lowest BCUT2D eigenvalue weighted by Gasteiger charge is -2.19. The van der Waals surface area contributed by atoms with Gasteiger partial charge in [-0.2, -0.15) is 0 Å². The van der Waals surface area contributed by atoms with Gasteiger partial charge in [0.2, 0.25) is 5.91 Å².